The van der Waals surface area contributed by atoms with Gasteiger partial charge >= 0.3 is 0 Å². The summed E-state index contributed by atoms with van der Waals surface area (Å²) in [6, 6.07) is 0. The van der Waals surface area contributed by atoms with E-state index < -0.39 is 5.91 Å². The molecule has 1 aromatic rings. The minimum atomic E-state index is -0.501. The number of aromatic nitrogens is 1. The molecule has 0 aliphatic heterocycles. The number of hydrogen-bond donors (Lipinski definition) is 2. The maximum atomic E-state index is 11.2. The number of amides is 1. The number of carbonyl (C=O) groups excluding carboxylic acids is 1. The fourth-order valence-corrected chi connectivity index (χ4v) is 2.34. The van der Waals surface area contributed by atoms with E-state index in [0.29, 0.717) is 5.56 Å². The van der Waals surface area contributed by atoms with E-state index in [1.807, 2.05) is 11.9 Å². The highest BCUT2D eigenvalue weighted by molar-refractivity contribution is 7.11. The van der Waals surface area contributed by atoms with E-state index in [4.69, 9.17) is 11.5 Å². The van der Waals surface area contributed by atoms with Gasteiger partial charge < -0.3 is 16.4 Å². The molecule has 0 spiro atoms. The molecule has 1 aliphatic carbocycles. The Morgan fingerprint density at radius 2 is 2.33 bits per heavy atom. The number of carbonyl (C=O) groups is 1. The van der Waals surface area contributed by atoms with Crippen molar-refractivity contribution >= 4 is 28.3 Å². The maximum absolute atomic E-state index is 11.2. The number of nitrogen functional groups attached to an aromatic ring is 1. The number of hydrogen-bond acceptors (Lipinski definition) is 5. The Balaban J connectivity index is 2.21. The van der Waals surface area contributed by atoms with Gasteiger partial charge in [-0.1, -0.05) is 0 Å². The number of nitrogens with zero attached hydrogens (tertiary/aromatic N) is 2. The first-order chi connectivity index (χ1) is 7.09. The summed E-state index contributed by atoms with van der Waals surface area (Å²) in [6.07, 6.45) is 2.54. The summed E-state index contributed by atoms with van der Waals surface area (Å²) in [6.45, 7) is 0.946. The van der Waals surface area contributed by atoms with E-state index >= 15 is 0 Å². The lowest BCUT2D eigenvalue weighted by Crippen LogP contribution is -2.23. The van der Waals surface area contributed by atoms with Crippen molar-refractivity contribution in [3.8, 4) is 0 Å². The van der Waals surface area contributed by atoms with Crippen LogP contribution < -0.4 is 16.4 Å². The summed E-state index contributed by atoms with van der Waals surface area (Å²) in [5.41, 5.74) is 11.2. The molecule has 1 fully saturated rings. The number of nitrogens with two attached hydrogens (primary N) is 2. The van der Waals surface area contributed by atoms with Gasteiger partial charge in [-0.15, -0.1) is 0 Å². The normalized spacial score (nSPS) is 15.3. The molecule has 1 heterocycles. The van der Waals surface area contributed by atoms with Crippen LogP contribution in [0, 0.1) is 5.92 Å². The van der Waals surface area contributed by atoms with Gasteiger partial charge in [0.05, 0.1) is 0 Å². The summed E-state index contributed by atoms with van der Waals surface area (Å²) in [7, 11) is 1.94. The van der Waals surface area contributed by atoms with Crippen LogP contribution >= 0.6 is 11.5 Å². The van der Waals surface area contributed by atoms with E-state index in [9.17, 15) is 4.79 Å². The molecule has 1 saturated carbocycles. The Labute approximate surface area is 92.2 Å². The van der Waals surface area contributed by atoms with Gasteiger partial charge in [-0.3, -0.25) is 4.79 Å². The van der Waals surface area contributed by atoms with Gasteiger partial charge in [0.15, 0.2) is 5.82 Å². The standard InChI is InChI=1S/C9H14N4OS/c1-13(4-5-2-3-5)9-6(8(11)14)7(10)12-15-9/h5H,2-4H2,1H3,(H2,10,12)(H2,11,14). The predicted octanol–water partition coefficient (Wildman–Crippen LogP) is 0.670. The van der Waals surface area contributed by atoms with Crippen molar-refractivity contribution in [3.05, 3.63) is 5.56 Å². The van der Waals surface area contributed by atoms with E-state index in [1.54, 1.807) is 0 Å². The molecule has 1 aromatic heterocycles. The SMILES string of the molecule is CN(CC1CC1)c1snc(N)c1C(N)=O. The van der Waals surface area contributed by atoms with Gasteiger partial charge in [-0.2, -0.15) is 4.37 Å². The predicted molar refractivity (Wildman–Crippen MR) is 61.0 cm³/mol. The quantitative estimate of drug-likeness (QED) is 0.790. The van der Waals surface area contributed by atoms with Crippen molar-refractivity contribution in [2.75, 3.05) is 24.2 Å². The van der Waals surface area contributed by atoms with E-state index in [0.717, 1.165) is 17.5 Å². The van der Waals surface area contributed by atoms with E-state index in [1.165, 1.54) is 24.4 Å². The number of anilines is 2. The summed E-state index contributed by atoms with van der Waals surface area (Å²) in [5, 5.41) is 0.784. The smallest absolute Gasteiger partial charge is 0.255 e. The minimum absolute atomic E-state index is 0.241. The zero-order valence-corrected chi connectivity index (χ0v) is 9.38. The molecule has 0 aromatic carbocycles. The lowest BCUT2D eigenvalue weighted by molar-refractivity contribution is 0.100. The molecule has 15 heavy (non-hydrogen) atoms. The number of rotatable bonds is 4. The Kier molecular flexibility index (Phi) is 2.52. The third kappa shape index (κ3) is 2.04. The second-order valence-electron chi connectivity index (χ2n) is 3.94. The Hall–Kier alpha value is -1.30. The van der Waals surface area contributed by atoms with Crippen molar-refractivity contribution in [2.45, 2.75) is 12.8 Å². The monoisotopic (exact) mass is 226 g/mol. The highest BCUT2D eigenvalue weighted by Gasteiger charge is 2.26. The van der Waals surface area contributed by atoms with Crippen LogP contribution in [-0.2, 0) is 0 Å². The van der Waals surface area contributed by atoms with Crippen LogP contribution in [0.15, 0.2) is 0 Å². The van der Waals surface area contributed by atoms with E-state index in [2.05, 4.69) is 4.37 Å². The van der Waals surface area contributed by atoms with E-state index in [-0.39, 0.29) is 5.82 Å². The molecule has 2 rings (SSSR count). The molecule has 0 atom stereocenters. The topological polar surface area (TPSA) is 85.2 Å². The average molecular weight is 226 g/mol. The van der Waals surface area contributed by atoms with Crippen LogP contribution in [0.25, 0.3) is 0 Å². The summed E-state index contributed by atoms with van der Waals surface area (Å²) >= 11 is 1.23. The Bertz CT molecular complexity index is 385. The summed E-state index contributed by atoms with van der Waals surface area (Å²) in [4.78, 5) is 13.2. The molecule has 6 heteroatoms. The fraction of sp³-hybridized carbons (Fsp3) is 0.556. The van der Waals surface area contributed by atoms with Crippen LogP contribution in [-0.4, -0.2) is 23.9 Å². The van der Waals surface area contributed by atoms with Gasteiger partial charge in [0.2, 0.25) is 0 Å². The first-order valence-corrected chi connectivity index (χ1v) is 5.63. The zero-order chi connectivity index (χ0) is 11.0. The lowest BCUT2D eigenvalue weighted by Gasteiger charge is -2.17. The van der Waals surface area contributed by atoms with Gasteiger partial charge in [0.1, 0.15) is 10.6 Å². The maximum Gasteiger partial charge on any atom is 0.255 e. The summed E-state index contributed by atoms with van der Waals surface area (Å²) < 4.78 is 3.96. The van der Waals surface area contributed by atoms with Crippen LogP contribution in [0.2, 0.25) is 0 Å². The second kappa shape index (κ2) is 3.69. The van der Waals surface area contributed by atoms with Gasteiger partial charge in [-0.25, -0.2) is 0 Å². The van der Waals surface area contributed by atoms with Gasteiger partial charge in [0, 0.05) is 13.6 Å². The second-order valence-corrected chi connectivity index (χ2v) is 4.69. The largest absolute Gasteiger partial charge is 0.382 e. The van der Waals surface area contributed by atoms with Crippen LogP contribution in [0.5, 0.6) is 0 Å². The molecule has 1 aliphatic rings. The molecule has 0 radical (unpaired) electrons. The third-order valence-electron chi connectivity index (χ3n) is 2.52. The molecule has 0 unspecified atom stereocenters. The Morgan fingerprint density at radius 1 is 1.67 bits per heavy atom. The van der Waals surface area contributed by atoms with Gasteiger partial charge in [0.25, 0.3) is 5.91 Å². The van der Waals surface area contributed by atoms with Crippen molar-refractivity contribution in [1.82, 2.24) is 4.37 Å². The fourth-order valence-electron chi connectivity index (χ4n) is 1.56. The van der Waals surface area contributed by atoms with Crippen molar-refractivity contribution in [3.63, 3.8) is 0 Å². The lowest BCUT2D eigenvalue weighted by atomic mass is 10.3. The molecule has 4 N–H and O–H groups in total. The van der Waals surface area contributed by atoms with Crippen LogP contribution in [0.1, 0.15) is 23.2 Å². The van der Waals surface area contributed by atoms with Crippen molar-refractivity contribution in [2.24, 2.45) is 11.7 Å². The van der Waals surface area contributed by atoms with Crippen LogP contribution in [0.4, 0.5) is 10.8 Å². The highest BCUT2D eigenvalue weighted by atomic mass is 32.1. The zero-order valence-electron chi connectivity index (χ0n) is 8.56. The van der Waals surface area contributed by atoms with Gasteiger partial charge in [-0.05, 0) is 30.3 Å². The number of primary amides is 1. The van der Waals surface area contributed by atoms with Crippen molar-refractivity contribution < 1.29 is 4.79 Å². The molecule has 0 saturated heterocycles. The molecular formula is C9H14N4OS. The summed E-state index contributed by atoms with van der Waals surface area (Å²) in [5.74, 6) is 0.489. The first-order valence-electron chi connectivity index (χ1n) is 4.85. The third-order valence-corrected chi connectivity index (χ3v) is 3.50. The molecule has 82 valence electrons. The minimum Gasteiger partial charge on any atom is -0.382 e. The highest BCUT2D eigenvalue weighted by Crippen LogP contribution is 2.34. The Morgan fingerprint density at radius 3 is 2.87 bits per heavy atom. The molecule has 1 amide bonds. The van der Waals surface area contributed by atoms with Crippen molar-refractivity contribution in [1.29, 1.82) is 0 Å². The first kappa shape index (κ1) is 10.2. The molecule has 5 nitrogen and oxygen atoms in total. The molecular weight excluding hydrogens is 212 g/mol. The average Bonchev–Trinajstić information content (AvgIpc) is 2.86. The molecule has 0 bridgehead atoms. The van der Waals surface area contributed by atoms with Crippen LogP contribution in [0.3, 0.4) is 0 Å².